The van der Waals surface area contributed by atoms with Crippen molar-refractivity contribution in [3.8, 4) is 10.6 Å². The van der Waals surface area contributed by atoms with Crippen LogP contribution in [0.3, 0.4) is 0 Å². The molecule has 1 N–H and O–H groups in total. The van der Waals surface area contributed by atoms with Crippen molar-refractivity contribution in [1.29, 1.82) is 0 Å². The number of nitrogens with one attached hydrogen (secondary N) is 1. The van der Waals surface area contributed by atoms with Crippen LogP contribution in [0.15, 0.2) is 53.9 Å². The summed E-state index contributed by atoms with van der Waals surface area (Å²) in [4.78, 5) is 27.9. The molecular formula is C21H18FN3O4S. The summed E-state index contributed by atoms with van der Waals surface area (Å²) in [6.45, 7) is 0.960. The molecule has 1 aliphatic rings. The third-order valence-electron chi connectivity index (χ3n) is 5.14. The summed E-state index contributed by atoms with van der Waals surface area (Å²) in [5.41, 5.74) is 0.918. The number of aromatic nitrogens is 1. The molecule has 3 aromatic rings. The highest BCUT2D eigenvalue weighted by Crippen LogP contribution is 2.33. The van der Waals surface area contributed by atoms with Gasteiger partial charge in [0.25, 0.3) is 11.6 Å². The Labute approximate surface area is 175 Å². The van der Waals surface area contributed by atoms with Crippen molar-refractivity contribution in [2.24, 2.45) is 0 Å². The van der Waals surface area contributed by atoms with E-state index in [9.17, 15) is 19.3 Å². The third-order valence-corrected chi connectivity index (χ3v) is 6.03. The van der Waals surface area contributed by atoms with Crippen molar-refractivity contribution in [2.75, 3.05) is 13.2 Å². The highest BCUT2D eigenvalue weighted by atomic mass is 32.1. The number of hydrogen-bond acceptors (Lipinski definition) is 6. The first-order chi connectivity index (χ1) is 14.5. The molecule has 1 fully saturated rings. The lowest BCUT2D eigenvalue weighted by Gasteiger charge is -2.38. The minimum atomic E-state index is -0.668. The summed E-state index contributed by atoms with van der Waals surface area (Å²) in [6, 6.07) is 12.2. The summed E-state index contributed by atoms with van der Waals surface area (Å²) in [5, 5.41) is 16.2. The molecule has 0 aliphatic carbocycles. The molecule has 154 valence electrons. The Balaban J connectivity index is 1.59. The molecule has 1 aromatic heterocycles. The van der Waals surface area contributed by atoms with Gasteiger partial charge in [-0.25, -0.2) is 9.37 Å². The largest absolute Gasteiger partial charge is 0.381 e. The average Bonchev–Trinajstić information content (AvgIpc) is 3.25. The Hall–Kier alpha value is -3.17. The zero-order chi connectivity index (χ0) is 21.1. The maximum absolute atomic E-state index is 13.4. The van der Waals surface area contributed by atoms with Gasteiger partial charge >= 0.3 is 0 Å². The molecule has 0 spiro atoms. The molecule has 0 bridgehead atoms. The molecule has 0 unspecified atom stereocenters. The number of nitrogens with zero attached hydrogens (tertiary/aromatic N) is 2. The number of nitro benzene ring substituents is 1. The predicted octanol–water partition coefficient (Wildman–Crippen LogP) is 4.29. The van der Waals surface area contributed by atoms with Crippen LogP contribution >= 0.6 is 11.3 Å². The van der Waals surface area contributed by atoms with Crippen LogP contribution in [0, 0.1) is 15.9 Å². The van der Waals surface area contributed by atoms with Gasteiger partial charge in [-0.2, -0.15) is 0 Å². The molecule has 1 saturated heterocycles. The second kappa shape index (κ2) is 8.29. The first kappa shape index (κ1) is 20.1. The molecule has 2 heterocycles. The van der Waals surface area contributed by atoms with Crippen molar-refractivity contribution in [2.45, 2.75) is 18.4 Å². The Morgan fingerprint density at radius 1 is 1.20 bits per heavy atom. The Morgan fingerprint density at radius 2 is 1.93 bits per heavy atom. The number of rotatable bonds is 5. The molecule has 7 nitrogen and oxygen atoms in total. The fourth-order valence-corrected chi connectivity index (χ4v) is 4.32. The molecule has 0 atom stereocenters. The summed E-state index contributed by atoms with van der Waals surface area (Å²) >= 11 is 1.24. The number of non-ortho nitro benzene ring substituents is 1. The van der Waals surface area contributed by atoms with Crippen molar-refractivity contribution in [3.63, 3.8) is 0 Å². The lowest BCUT2D eigenvalue weighted by Crippen LogP contribution is -2.49. The quantitative estimate of drug-likeness (QED) is 0.484. The number of halogens is 1. The molecule has 9 heteroatoms. The van der Waals surface area contributed by atoms with E-state index >= 15 is 0 Å². The van der Waals surface area contributed by atoms with Crippen LogP contribution in [0.4, 0.5) is 10.1 Å². The normalized spacial score (nSPS) is 15.5. The van der Waals surface area contributed by atoms with E-state index in [0.717, 1.165) is 5.56 Å². The van der Waals surface area contributed by atoms with Crippen molar-refractivity contribution >= 4 is 22.9 Å². The van der Waals surface area contributed by atoms with Crippen LogP contribution in [-0.4, -0.2) is 29.0 Å². The van der Waals surface area contributed by atoms with Crippen molar-refractivity contribution in [1.82, 2.24) is 10.3 Å². The molecular weight excluding hydrogens is 409 g/mol. The van der Waals surface area contributed by atoms with Gasteiger partial charge in [-0.05, 0) is 30.5 Å². The van der Waals surface area contributed by atoms with Gasteiger partial charge in [0.2, 0.25) is 0 Å². The number of carbonyl (C=O) groups excluding carboxylic acids is 1. The third kappa shape index (κ3) is 4.07. The molecule has 4 rings (SSSR count). The lowest BCUT2D eigenvalue weighted by atomic mass is 9.82. The van der Waals surface area contributed by atoms with Gasteiger partial charge in [0.1, 0.15) is 16.5 Å². The maximum Gasteiger partial charge on any atom is 0.271 e. The number of nitro groups is 1. The molecule has 0 saturated carbocycles. The average molecular weight is 427 g/mol. The standard InChI is InChI=1S/C21H18FN3O4S/c22-16-6-4-15(5-7-16)21(8-10-29-11-9-21)24-19(26)18-13-30-20(23-18)14-2-1-3-17(12-14)25(27)28/h1-7,12-13H,8-11H2,(H,24,26). The maximum atomic E-state index is 13.4. The minimum Gasteiger partial charge on any atom is -0.381 e. The van der Waals surface area contributed by atoms with E-state index in [1.54, 1.807) is 29.6 Å². The molecule has 0 radical (unpaired) electrons. The number of hydrogen-bond donors (Lipinski definition) is 1. The second-order valence-corrected chi connectivity index (χ2v) is 7.86. The molecule has 2 aromatic carbocycles. The monoisotopic (exact) mass is 427 g/mol. The van der Waals surface area contributed by atoms with E-state index in [0.29, 0.717) is 36.6 Å². The minimum absolute atomic E-state index is 0.0360. The SMILES string of the molecule is O=C(NC1(c2ccc(F)cc2)CCOCC1)c1csc(-c2cccc([N+](=O)[O-])c2)n1. The number of thiazole rings is 1. The Bertz CT molecular complexity index is 1080. The number of amides is 1. The van der Waals surface area contributed by atoms with Crippen LogP contribution in [0.25, 0.3) is 10.6 Å². The first-order valence-electron chi connectivity index (χ1n) is 9.33. The molecule has 30 heavy (non-hydrogen) atoms. The highest BCUT2D eigenvalue weighted by Gasteiger charge is 2.36. The predicted molar refractivity (Wildman–Crippen MR) is 110 cm³/mol. The second-order valence-electron chi connectivity index (χ2n) is 7.00. The van der Waals surface area contributed by atoms with Crippen molar-refractivity contribution < 1.29 is 18.8 Å². The Morgan fingerprint density at radius 3 is 2.63 bits per heavy atom. The van der Waals surface area contributed by atoms with Crippen molar-refractivity contribution in [3.05, 3.63) is 81.1 Å². The first-order valence-corrected chi connectivity index (χ1v) is 10.2. The fraction of sp³-hybridized carbons (Fsp3) is 0.238. The van der Waals surface area contributed by atoms with Crippen LogP contribution < -0.4 is 5.32 Å². The summed E-state index contributed by atoms with van der Waals surface area (Å²) in [7, 11) is 0. The lowest BCUT2D eigenvalue weighted by molar-refractivity contribution is -0.384. The van der Waals surface area contributed by atoms with E-state index in [-0.39, 0.29) is 23.1 Å². The van der Waals surface area contributed by atoms with Gasteiger partial charge in [0, 0.05) is 36.3 Å². The van der Waals surface area contributed by atoms with Gasteiger partial charge in [0.05, 0.1) is 10.5 Å². The van der Waals surface area contributed by atoms with E-state index in [2.05, 4.69) is 10.3 Å². The van der Waals surface area contributed by atoms with Gasteiger partial charge in [-0.15, -0.1) is 11.3 Å². The number of carbonyl (C=O) groups is 1. The van der Waals surface area contributed by atoms with E-state index in [1.807, 2.05) is 0 Å². The number of benzene rings is 2. The van der Waals surface area contributed by atoms with Gasteiger partial charge in [-0.3, -0.25) is 14.9 Å². The van der Waals surface area contributed by atoms with Crippen LogP contribution in [0.1, 0.15) is 28.9 Å². The molecule has 1 aliphatic heterocycles. The summed E-state index contributed by atoms with van der Waals surface area (Å²) < 4.78 is 18.8. The van der Waals surface area contributed by atoms with Gasteiger partial charge in [0.15, 0.2) is 0 Å². The van der Waals surface area contributed by atoms with Crippen LogP contribution in [0.2, 0.25) is 0 Å². The summed E-state index contributed by atoms with van der Waals surface area (Å²) in [6.07, 6.45) is 1.12. The zero-order valence-electron chi connectivity index (χ0n) is 15.8. The smallest absolute Gasteiger partial charge is 0.271 e. The van der Waals surface area contributed by atoms with E-state index in [1.165, 1.54) is 35.6 Å². The highest BCUT2D eigenvalue weighted by molar-refractivity contribution is 7.13. The topological polar surface area (TPSA) is 94.4 Å². The van der Waals surface area contributed by atoms with E-state index in [4.69, 9.17) is 4.74 Å². The van der Waals surface area contributed by atoms with Gasteiger partial charge < -0.3 is 10.1 Å². The van der Waals surface area contributed by atoms with E-state index < -0.39 is 10.5 Å². The summed E-state index contributed by atoms with van der Waals surface area (Å²) in [5.74, 6) is -0.692. The van der Waals surface area contributed by atoms with Gasteiger partial charge in [-0.1, -0.05) is 24.3 Å². The van der Waals surface area contributed by atoms with Crippen LogP contribution in [0.5, 0.6) is 0 Å². The Kier molecular flexibility index (Phi) is 5.56. The number of ether oxygens (including phenoxy) is 1. The fourth-order valence-electron chi connectivity index (χ4n) is 3.52. The van der Waals surface area contributed by atoms with Crippen LogP contribution in [-0.2, 0) is 10.3 Å². The molecule has 1 amide bonds. The zero-order valence-corrected chi connectivity index (χ0v) is 16.7.